The second kappa shape index (κ2) is 7.57. The molecule has 3 aromatic carbocycles. The minimum absolute atomic E-state index is 0.123. The molecule has 0 atom stereocenters. The number of aryl methyl sites for hydroxylation is 2. The molecule has 6 heteroatoms. The molecule has 3 aromatic rings. The van der Waals surface area contributed by atoms with Crippen LogP contribution in [-0.2, 0) is 0 Å². The first-order chi connectivity index (χ1) is 12.6. The lowest BCUT2D eigenvalue weighted by molar-refractivity contribution is 1.10. The molecule has 0 bridgehead atoms. The molecule has 0 fully saturated rings. The Bertz CT molecular complexity index is 1160. The van der Waals surface area contributed by atoms with Crippen molar-refractivity contribution in [3.05, 3.63) is 103 Å². The lowest BCUT2D eigenvalue weighted by atomic mass is 10.2. The Morgan fingerprint density at radius 2 is 1.23 bits per heavy atom. The van der Waals surface area contributed by atoms with Crippen LogP contribution in [0.15, 0.2) is 80.5 Å². The Balaban J connectivity index is 1.99. The molecule has 0 saturated heterocycles. The van der Waals surface area contributed by atoms with Gasteiger partial charge >= 0.3 is 0 Å². The first-order valence-corrected chi connectivity index (χ1v) is 8.12. The molecule has 0 amide bonds. The zero-order valence-electron chi connectivity index (χ0n) is 14.5. The van der Waals surface area contributed by atoms with Crippen molar-refractivity contribution >= 4 is 11.4 Å². The number of nitrogens with zero attached hydrogens (tertiary/aromatic N) is 2. The standard InChI is InChI=1S/C20H18N4O2/c1-13-7-3-5-9-15(13)21-23-17-11-12-18(25)19(20(17)26)24-22-16-10-6-4-8-14(16)2/h3-12,21-22H,1-2H3/b23-17+,24-19+. The third-order valence-corrected chi connectivity index (χ3v) is 3.95. The van der Waals surface area contributed by atoms with E-state index in [-0.39, 0.29) is 10.7 Å². The molecule has 0 saturated carbocycles. The van der Waals surface area contributed by atoms with Crippen molar-refractivity contribution in [3.63, 3.8) is 0 Å². The summed E-state index contributed by atoms with van der Waals surface area (Å²) in [7, 11) is 0. The van der Waals surface area contributed by atoms with Gasteiger partial charge in [-0.2, -0.15) is 10.2 Å². The van der Waals surface area contributed by atoms with Gasteiger partial charge in [-0.1, -0.05) is 36.4 Å². The smallest absolute Gasteiger partial charge is 0.237 e. The van der Waals surface area contributed by atoms with Gasteiger partial charge in [0.2, 0.25) is 10.9 Å². The number of anilines is 2. The fourth-order valence-electron chi connectivity index (χ4n) is 2.37. The van der Waals surface area contributed by atoms with E-state index in [1.807, 2.05) is 62.4 Å². The summed E-state index contributed by atoms with van der Waals surface area (Å²) in [5, 5.41) is 8.06. The summed E-state index contributed by atoms with van der Waals surface area (Å²) in [6.45, 7) is 3.84. The topological polar surface area (TPSA) is 82.9 Å². The third kappa shape index (κ3) is 3.75. The van der Waals surface area contributed by atoms with Crippen LogP contribution >= 0.6 is 0 Å². The summed E-state index contributed by atoms with van der Waals surface area (Å²) in [5.41, 5.74) is 8.13. The van der Waals surface area contributed by atoms with Crippen LogP contribution in [0.25, 0.3) is 0 Å². The maximum atomic E-state index is 12.5. The first kappa shape index (κ1) is 17.3. The average molecular weight is 346 g/mol. The number of hydrogen-bond acceptors (Lipinski definition) is 6. The van der Waals surface area contributed by atoms with E-state index in [0.717, 1.165) is 22.5 Å². The minimum atomic E-state index is -0.528. The molecule has 0 radical (unpaired) electrons. The number of benzene rings is 3. The van der Waals surface area contributed by atoms with Gasteiger partial charge in [0, 0.05) is 0 Å². The predicted molar refractivity (Wildman–Crippen MR) is 102 cm³/mol. The average Bonchev–Trinajstić information content (AvgIpc) is 2.63. The SMILES string of the molecule is Cc1ccccc1N/N=c1\ccc(=O)/c(=N\Nc2ccccc2C)c1=O. The molecule has 0 unspecified atom stereocenters. The zero-order chi connectivity index (χ0) is 18.5. The molecule has 0 heterocycles. The van der Waals surface area contributed by atoms with Crippen LogP contribution in [0.2, 0.25) is 0 Å². The second-order valence-electron chi connectivity index (χ2n) is 5.84. The fourth-order valence-corrected chi connectivity index (χ4v) is 2.37. The molecule has 130 valence electrons. The number of rotatable bonds is 4. The summed E-state index contributed by atoms with van der Waals surface area (Å²) >= 11 is 0. The van der Waals surface area contributed by atoms with Gasteiger partial charge in [0.25, 0.3) is 0 Å². The molecular weight excluding hydrogens is 328 g/mol. The van der Waals surface area contributed by atoms with E-state index < -0.39 is 10.9 Å². The summed E-state index contributed by atoms with van der Waals surface area (Å²) in [4.78, 5) is 24.6. The molecule has 6 nitrogen and oxygen atoms in total. The van der Waals surface area contributed by atoms with Crippen molar-refractivity contribution < 1.29 is 0 Å². The summed E-state index contributed by atoms with van der Waals surface area (Å²) in [6, 6.07) is 17.7. The normalized spacial score (nSPS) is 12.2. The number of nitrogens with one attached hydrogen (secondary N) is 2. The monoisotopic (exact) mass is 346 g/mol. The van der Waals surface area contributed by atoms with Crippen LogP contribution < -0.4 is 32.4 Å². The van der Waals surface area contributed by atoms with E-state index in [1.54, 1.807) is 0 Å². The summed E-state index contributed by atoms with van der Waals surface area (Å²) in [5.74, 6) is 0. The Morgan fingerprint density at radius 1 is 0.692 bits per heavy atom. The molecule has 26 heavy (non-hydrogen) atoms. The molecule has 0 spiro atoms. The van der Waals surface area contributed by atoms with Crippen molar-refractivity contribution in [1.82, 2.24) is 0 Å². The number of hydrogen-bond donors (Lipinski definition) is 2. The van der Waals surface area contributed by atoms with Crippen LogP contribution in [0.3, 0.4) is 0 Å². The Morgan fingerprint density at radius 3 is 1.81 bits per heavy atom. The van der Waals surface area contributed by atoms with Gasteiger partial charge in [-0.05, 0) is 49.2 Å². The van der Waals surface area contributed by atoms with Crippen molar-refractivity contribution in [2.75, 3.05) is 10.9 Å². The highest BCUT2D eigenvalue weighted by atomic mass is 16.1. The highest BCUT2D eigenvalue weighted by Gasteiger charge is 2.02. The minimum Gasteiger partial charge on any atom is -0.287 e. The van der Waals surface area contributed by atoms with Crippen molar-refractivity contribution in [2.45, 2.75) is 13.8 Å². The highest BCUT2D eigenvalue weighted by molar-refractivity contribution is 5.50. The van der Waals surface area contributed by atoms with Gasteiger partial charge in [-0.3, -0.25) is 20.4 Å². The van der Waals surface area contributed by atoms with Crippen molar-refractivity contribution in [2.24, 2.45) is 10.2 Å². The number of para-hydroxylation sites is 2. The third-order valence-electron chi connectivity index (χ3n) is 3.95. The Hall–Kier alpha value is -3.54. The zero-order valence-corrected chi connectivity index (χ0v) is 14.5. The van der Waals surface area contributed by atoms with Crippen LogP contribution in [0.4, 0.5) is 11.4 Å². The van der Waals surface area contributed by atoms with Gasteiger partial charge in [0.15, 0.2) is 5.36 Å². The van der Waals surface area contributed by atoms with E-state index in [0.29, 0.717) is 0 Å². The molecule has 0 aliphatic carbocycles. The Kier molecular flexibility index (Phi) is 5.03. The lowest BCUT2D eigenvalue weighted by Crippen LogP contribution is -2.48. The van der Waals surface area contributed by atoms with E-state index in [4.69, 9.17) is 0 Å². The summed E-state index contributed by atoms with van der Waals surface area (Å²) in [6.07, 6.45) is 0. The molecule has 3 rings (SSSR count). The van der Waals surface area contributed by atoms with Gasteiger partial charge in [0.1, 0.15) is 5.36 Å². The Labute approximate surface area is 149 Å². The summed E-state index contributed by atoms with van der Waals surface area (Å²) < 4.78 is 0. The molecule has 0 aromatic heterocycles. The quantitative estimate of drug-likeness (QED) is 0.705. The van der Waals surface area contributed by atoms with E-state index in [1.165, 1.54) is 12.1 Å². The molecule has 2 N–H and O–H groups in total. The molecule has 0 aliphatic rings. The van der Waals surface area contributed by atoms with Gasteiger partial charge < -0.3 is 0 Å². The predicted octanol–water partition coefficient (Wildman–Crippen LogP) is 1.76. The maximum Gasteiger partial charge on any atom is 0.237 e. The van der Waals surface area contributed by atoms with Crippen LogP contribution in [0.1, 0.15) is 11.1 Å². The van der Waals surface area contributed by atoms with Crippen LogP contribution in [0.5, 0.6) is 0 Å². The van der Waals surface area contributed by atoms with Gasteiger partial charge in [-0.25, -0.2) is 0 Å². The van der Waals surface area contributed by atoms with E-state index >= 15 is 0 Å². The van der Waals surface area contributed by atoms with Crippen molar-refractivity contribution in [3.8, 4) is 0 Å². The highest BCUT2D eigenvalue weighted by Crippen LogP contribution is 2.12. The van der Waals surface area contributed by atoms with Crippen LogP contribution in [-0.4, -0.2) is 0 Å². The largest absolute Gasteiger partial charge is 0.287 e. The van der Waals surface area contributed by atoms with Gasteiger partial charge in [-0.15, -0.1) is 0 Å². The molecule has 0 aliphatic heterocycles. The lowest BCUT2D eigenvalue weighted by Gasteiger charge is -2.03. The maximum absolute atomic E-state index is 12.5. The second-order valence-corrected chi connectivity index (χ2v) is 5.84. The van der Waals surface area contributed by atoms with E-state index in [2.05, 4.69) is 21.1 Å². The molecular formula is C20H18N4O2. The first-order valence-electron chi connectivity index (χ1n) is 8.12. The van der Waals surface area contributed by atoms with Crippen molar-refractivity contribution in [1.29, 1.82) is 0 Å². The van der Waals surface area contributed by atoms with Crippen LogP contribution in [0, 0.1) is 13.8 Å². The fraction of sp³-hybridized carbons (Fsp3) is 0.100. The van der Waals surface area contributed by atoms with Gasteiger partial charge in [0.05, 0.1) is 11.4 Å². The van der Waals surface area contributed by atoms with E-state index in [9.17, 15) is 9.59 Å².